The van der Waals surface area contributed by atoms with Crippen molar-refractivity contribution in [2.75, 3.05) is 52.0 Å². The van der Waals surface area contributed by atoms with Crippen LogP contribution in [0.3, 0.4) is 0 Å². The molecule has 0 aliphatic carbocycles. The minimum absolute atomic E-state index is 0.0219. The number of carbonyl (C=O) groups is 2. The lowest BCUT2D eigenvalue weighted by Crippen LogP contribution is -2.36. The highest BCUT2D eigenvalue weighted by molar-refractivity contribution is 7.89. The Hall–Kier alpha value is -3.02. The van der Waals surface area contributed by atoms with Crippen molar-refractivity contribution in [1.29, 1.82) is 0 Å². The van der Waals surface area contributed by atoms with Gasteiger partial charge in [0.1, 0.15) is 16.5 Å². The van der Waals surface area contributed by atoms with Gasteiger partial charge in [-0.2, -0.15) is 0 Å². The van der Waals surface area contributed by atoms with Crippen LogP contribution >= 0.6 is 0 Å². The highest BCUT2D eigenvalue weighted by atomic mass is 32.2. The van der Waals surface area contributed by atoms with E-state index in [1.807, 2.05) is 13.0 Å². The van der Waals surface area contributed by atoms with Gasteiger partial charge in [0.25, 0.3) is 0 Å². The molecule has 11 heteroatoms. The fraction of sp³-hybridized carbons (Fsp3) is 0.350. The van der Waals surface area contributed by atoms with E-state index in [-0.39, 0.29) is 29.6 Å². The third-order valence-corrected chi connectivity index (χ3v) is 6.03. The molecular weight excluding hydrogens is 422 g/mol. The van der Waals surface area contributed by atoms with Crippen molar-refractivity contribution in [2.24, 2.45) is 0 Å². The fourth-order valence-corrected chi connectivity index (χ4v) is 3.77. The monoisotopic (exact) mass is 449 g/mol. The first kappa shape index (κ1) is 24.3. The predicted molar refractivity (Wildman–Crippen MR) is 118 cm³/mol. The molecule has 2 rings (SSSR count). The number of aryl methyl sites for hydroxylation is 1. The lowest BCUT2D eigenvalue weighted by atomic mass is 10.3. The number of carbonyl (C=O) groups excluding carboxylic acids is 2. The van der Waals surface area contributed by atoms with Crippen LogP contribution in [0.15, 0.2) is 41.3 Å². The lowest BCUT2D eigenvalue weighted by molar-refractivity contribution is -0.119. The van der Waals surface area contributed by atoms with Gasteiger partial charge in [0, 0.05) is 25.5 Å². The van der Waals surface area contributed by atoms with E-state index in [1.165, 1.54) is 38.2 Å². The highest BCUT2D eigenvalue weighted by Crippen LogP contribution is 2.28. The van der Waals surface area contributed by atoms with Crippen LogP contribution in [-0.2, 0) is 19.6 Å². The number of hydrogen-bond acceptors (Lipinski definition) is 7. The zero-order chi connectivity index (χ0) is 23.2. The second kappa shape index (κ2) is 10.3. The van der Waals surface area contributed by atoms with E-state index in [1.54, 1.807) is 25.2 Å². The van der Waals surface area contributed by atoms with Crippen molar-refractivity contribution in [2.45, 2.75) is 11.8 Å². The lowest BCUT2D eigenvalue weighted by Gasteiger charge is -2.17. The molecule has 2 aromatic rings. The van der Waals surface area contributed by atoms with Crippen LogP contribution in [0.5, 0.6) is 5.75 Å². The first-order valence-corrected chi connectivity index (χ1v) is 10.8. The minimum Gasteiger partial charge on any atom is -0.495 e. The summed E-state index contributed by atoms with van der Waals surface area (Å²) < 4.78 is 31.2. The maximum Gasteiger partial charge on any atom is 0.246 e. The summed E-state index contributed by atoms with van der Waals surface area (Å²) in [5.74, 6) is -0.0967. The normalized spacial score (nSPS) is 11.5. The highest BCUT2D eigenvalue weighted by Gasteiger charge is 2.23. The summed E-state index contributed by atoms with van der Waals surface area (Å²) in [4.78, 5) is 30.2. The molecular formula is C20H27N5O5S. The van der Waals surface area contributed by atoms with Gasteiger partial charge in [-0.3, -0.25) is 14.5 Å². The number of benzene rings is 1. The Morgan fingerprint density at radius 2 is 1.68 bits per heavy atom. The van der Waals surface area contributed by atoms with Crippen molar-refractivity contribution in [3.05, 3.63) is 42.1 Å². The van der Waals surface area contributed by atoms with Crippen LogP contribution in [0.25, 0.3) is 0 Å². The molecule has 31 heavy (non-hydrogen) atoms. The number of ether oxygens (including phenoxy) is 1. The molecule has 168 valence electrons. The topological polar surface area (TPSA) is 121 Å². The number of aromatic nitrogens is 1. The van der Waals surface area contributed by atoms with Gasteiger partial charge in [0.15, 0.2) is 0 Å². The van der Waals surface area contributed by atoms with Crippen LogP contribution in [0.4, 0.5) is 11.5 Å². The molecule has 1 heterocycles. The van der Waals surface area contributed by atoms with Crippen LogP contribution in [0, 0.1) is 6.92 Å². The van der Waals surface area contributed by atoms with E-state index in [0.717, 1.165) is 10.00 Å². The largest absolute Gasteiger partial charge is 0.495 e. The number of nitrogens with one attached hydrogen (secondary N) is 2. The summed E-state index contributed by atoms with van der Waals surface area (Å²) in [6.07, 6.45) is 0. The zero-order valence-corrected chi connectivity index (χ0v) is 19.0. The molecule has 0 aliphatic rings. The molecule has 0 radical (unpaired) electrons. The number of nitrogens with zero attached hydrogens (tertiary/aromatic N) is 3. The molecule has 0 saturated carbocycles. The number of anilines is 2. The van der Waals surface area contributed by atoms with Crippen LogP contribution in [-0.4, -0.2) is 75.8 Å². The number of likely N-dealkylation sites (N-methyl/N-ethyl adjacent to an activating group) is 1. The Kier molecular flexibility index (Phi) is 8.08. The molecule has 2 N–H and O–H groups in total. The summed E-state index contributed by atoms with van der Waals surface area (Å²) in [7, 11) is 2.05. The smallest absolute Gasteiger partial charge is 0.246 e. The molecule has 0 bridgehead atoms. The van der Waals surface area contributed by atoms with Gasteiger partial charge in [-0.15, -0.1) is 0 Å². The van der Waals surface area contributed by atoms with E-state index >= 15 is 0 Å². The molecule has 0 fully saturated rings. The van der Waals surface area contributed by atoms with Gasteiger partial charge in [-0.25, -0.2) is 17.7 Å². The van der Waals surface area contributed by atoms with Gasteiger partial charge in [-0.1, -0.05) is 6.07 Å². The van der Waals surface area contributed by atoms with Gasteiger partial charge in [-0.05, 0) is 44.3 Å². The number of rotatable bonds is 9. The molecule has 10 nitrogen and oxygen atoms in total. The van der Waals surface area contributed by atoms with Crippen molar-refractivity contribution >= 4 is 33.3 Å². The molecule has 0 aliphatic heterocycles. The molecule has 0 atom stereocenters. The van der Waals surface area contributed by atoms with Crippen molar-refractivity contribution < 1.29 is 22.7 Å². The third-order valence-electron chi connectivity index (χ3n) is 4.19. The first-order valence-electron chi connectivity index (χ1n) is 9.35. The summed E-state index contributed by atoms with van der Waals surface area (Å²) >= 11 is 0. The third kappa shape index (κ3) is 6.74. The van der Waals surface area contributed by atoms with E-state index in [4.69, 9.17) is 4.74 Å². The summed E-state index contributed by atoms with van der Waals surface area (Å²) in [5.41, 5.74) is 1.08. The van der Waals surface area contributed by atoms with E-state index in [9.17, 15) is 18.0 Å². The van der Waals surface area contributed by atoms with Crippen LogP contribution in [0.2, 0.25) is 0 Å². The first-order chi connectivity index (χ1) is 14.5. The second-order valence-corrected chi connectivity index (χ2v) is 9.21. The molecule has 0 unspecified atom stereocenters. The standard InChI is InChI=1S/C20H27N5O5S/c1-14-7-6-8-18(21-14)23-20(27)13-25(4)12-19(26)22-15-9-10-16(30-5)17(11-15)31(28,29)24(2)3/h6-11H,12-13H2,1-5H3,(H,22,26)(H,21,23,27). The molecule has 1 aromatic carbocycles. The number of amides is 2. The van der Waals surface area contributed by atoms with Gasteiger partial charge in [0.05, 0.1) is 20.2 Å². The van der Waals surface area contributed by atoms with E-state index in [2.05, 4.69) is 15.6 Å². The average molecular weight is 450 g/mol. The SMILES string of the molecule is COc1ccc(NC(=O)CN(C)CC(=O)Nc2cccc(C)n2)cc1S(=O)(=O)N(C)C. The Morgan fingerprint density at radius 3 is 2.26 bits per heavy atom. The van der Waals surface area contributed by atoms with Crippen molar-refractivity contribution in [3.8, 4) is 5.75 Å². The van der Waals surface area contributed by atoms with Gasteiger partial charge >= 0.3 is 0 Å². The summed E-state index contributed by atoms with van der Waals surface area (Å²) in [5, 5.41) is 5.32. The Morgan fingerprint density at radius 1 is 1.03 bits per heavy atom. The molecule has 0 saturated heterocycles. The number of sulfonamides is 1. The van der Waals surface area contributed by atoms with E-state index in [0.29, 0.717) is 11.5 Å². The Labute approximate surface area is 182 Å². The number of hydrogen-bond donors (Lipinski definition) is 2. The van der Waals surface area contributed by atoms with Crippen LogP contribution < -0.4 is 15.4 Å². The summed E-state index contributed by atoms with van der Waals surface area (Å²) in [6.45, 7) is 1.73. The van der Waals surface area contributed by atoms with Gasteiger partial charge in [0.2, 0.25) is 21.8 Å². The quantitative estimate of drug-likeness (QED) is 0.589. The average Bonchev–Trinajstić information content (AvgIpc) is 2.67. The zero-order valence-electron chi connectivity index (χ0n) is 18.2. The van der Waals surface area contributed by atoms with Crippen molar-refractivity contribution in [1.82, 2.24) is 14.2 Å². The molecule has 1 aromatic heterocycles. The second-order valence-electron chi connectivity index (χ2n) is 7.09. The molecule has 0 spiro atoms. The number of methoxy groups -OCH3 is 1. The Balaban J connectivity index is 1.99. The maximum absolute atomic E-state index is 12.5. The van der Waals surface area contributed by atoms with Crippen LogP contribution in [0.1, 0.15) is 5.69 Å². The Bertz CT molecular complexity index is 1060. The van der Waals surface area contributed by atoms with Gasteiger partial charge < -0.3 is 15.4 Å². The maximum atomic E-state index is 12.5. The molecule has 2 amide bonds. The predicted octanol–water partition coefficient (Wildman–Crippen LogP) is 1.16. The minimum atomic E-state index is -3.76. The fourth-order valence-electron chi connectivity index (χ4n) is 2.69. The van der Waals surface area contributed by atoms with E-state index < -0.39 is 15.9 Å². The van der Waals surface area contributed by atoms with Crippen molar-refractivity contribution in [3.63, 3.8) is 0 Å². The number of pyridine rings is 1. The summed E-state index contributed by atoms with van der Waals surface area (Å²) in [6, 6.07) is 9.64.